The van der Waals surface area contributed by atoms with E-state index in [1.807, 2.05) is 30.3 Å². The molecule has 0 spiro atoms. The van der Waals surface area contributed by atoms with E-state index in [1.54, 1.807) is 0 Å². The van der Waals surface area contributed by atoms with Crippen LogP contribution in [0.5, 0.6) is 11.5 Å². The largest absolute Gasteiger partial charge is 0.492 e. The highest BCUT2D eigenvalue weighted by Crippen LogP contribution is 2.31. The first-order chi connectivity index (χ1) is 12.7. The fourth-order valence-corrected chi connectivity index (χ4v) is 3.25. The van der Waals surface area contributed by atoms with E-state index in [-0.39, 0.29) is 11.4 Å². The first-order valence-corrected chi connectivity index (χ1v) is 10.2. The number of benzene rings is 2. The van der Waals surface area contributed by atoms with Gasteiger partial charge in [0, 0.05) is 12.0 Å². The van der Waals surface area contributed by atoms with Crippen LogP contribution in [0.4, 0.5) is 0 Å². The number of rotatable bonds is 7. The first-order valence-electron chi connectivity index (χ1n) is 9.41. The summed E-state index contributed by atoms with van der Waals surface area (Å²) in [7, 11) is 0. The van der Waals surface area contributed by atoms with Crippen LogP contribution in [0.25, 0.3) is 0 Å². The average molecular weight is 433 g/mol. The Kier molecular flexibility index (Phi) is 7.49. The van der Waals surface area contributed by atoms with E-state index in [4.69, 9.17) is 9.47 Å². The summed E-state index contributed by atoms with van der Waals surface area (Å²) in [5.41, 5.74) is 2.22. The van der Waals surface area contributed by atoms with Gasteiger partial charge >= 0.3 is 5.97 Å². The molecule has 0 heterocycles. The lowest BCUT2D eigenvalue weighted by Crippen LogP contribution is -2.16. The molecule has 0 saturated carbocycles. The van der Waals surface area contributed by atoms with Crippen LogP contribution in [0, 0.1) is 0 Å². The third-order valence-corrected chi connectivity index (χ3v) is 4.94. The fraction of sp³-hybridized carbons (Fsp3) is 0.435. The molecule has 0 atom stereocenters. The van der Waals surface area contributed by atoms with E-state index in [0.717, 1.165) is 15.8 Å². The van der Waals surface area contributed by atoms with Crippen molar-refractivity contribution in [2.75, 3.05) is 6.61 Å². The summed E-state index contributed by atoms with van der Waals surface area (Å²) in [6.07, 6.45) is 0.926. The molecule has 2 aromatic carbocycles. The van der Waals surface area contributed by atoms with Gasteiger partial charge in [-0.05, 0) is 57.4 Å². The molecule has 146 valence electrons. The Morgan fingerprint density at radius 1 is 1.07 bits per heavy atom. The van der Waals surface area contributed by atoms with E-state index in [2.05, 4.69) is 62.7 Å². The van der Waals surface area contributed by atoms with Crippen molar-refractivity contribution in [2.24, 2.45) is 0 Å². The Balaban J connectivity index is 1.84. The van der Waals surface area contributed by atoms with Gasteiger partial charge in [-0.3, -0.25) is 4.79 Å². The second-order valence-electron chi connectivity index (χ2n) is 8.02. The predicted molar refractivity (Wildman–Crippen MR) is 114 cm³/mol. The van der Waals surface area contributed by atoms with Gasteiger partial charge in [-0.1, -0.05) is 58.9 Å². The average Bonchev–Trinajstić information content (AvgIpc) is 2.59. The van der Waals surface area contributed by atoms with Gasteiger partial charge in [0.25, 0.3) is 0 Å². The molecule has 0 amide bonds. The Hall–Kier alpha value is -1.81. The zero-order valence-corrected chi connectivity index (χ0v) is 18.4. The molecule has 0 aliphatic carbocycles. The molecule has 2 aromatic rings. The molecule has 0 N–H and O–H groups in total. The van der Waals surface area contributed by atoms with Crippen LogP contribution in [0.3, 0.4) is 0 Å². The van der Waals surface area contributed by atoms with Crippen molar-refractivity contribution in [1.29, 1.82) is 0 Å². The maximum Gasteiger partial charge on any atom is 0.311 e. The topological polar surface area (TPSA) is 35.5 Å². The normalized spacial score (nSPS) is 11.5. The van der Waals surface area contributed by atoms with Crippen molar-refractivity contribution < 1.29 is 14.3 Å². The number of halogens is 1. The van der Waals surface area contributed by atoms with Crippen molar-refractivity contribution in [1.82, 2.24) is 0 Å². The van der Waals surface area contributed by atoms with Crippen LogP contribution < -0.4 is 9.47 Å². The van der Waals surface area contributed by atoms with Gasteiger partial charge in [0.05, 0.1) is 11.1 Å². The molecule has 0 fully saturated rings. The number of hydrogen-bond donors (Lipinski definition) is 0. The minimum Gasteiger partial charge on any atom is -0.492 e. The first kappa shape index (κ1) is 21.5. The van der Waals surface area contributed by atoms with Gasteiger partial charge in [-0.2, -0.15) is 0 Å². The third kappa shape index (κ3) is 6.39. The van der Waals surface area contributed by atoms with Gasteiger partial charge in [0.2, 0.25) is 0 Å². The monoisotopic (exact) mass is 432 g/mol. The van der Waals surface area contributed by atoms with E-state index in [9.17, 15) is 4.79 Å². The predicted octanol–water partition coefficient (Wildman–Crippen LogP) is 6.63. The Morgan fingerprint density at radius 3 is 2.41 bits per heavy atom. The van der Waals surface area contributed by atoms with Crippen molar-refractivity contribution in [3.8, 4) is 11.5 Å². The highest BCUT2D eigenvalue weighted by molar-refractivity contribution is 9.10. The van der Waals surface area contributed by atoms with Crippen LogP contribution in [0.1, 0.15) is 64.5 Å². The molecule has 0 bridgehead atoms. The van der Waals surface area contributed by atoms with E-state index < -0.39 is 0 Å². The second-order valence-corrected chi connectivity index (χ2v) is 8.87. The fourth-order valence-electron chi connectivity index (χ4n) is 2.74. The van der Waals surface area contributed by atoms with Crippen LogP contribution >= 0.6 is 15.9 Å². The summed E-state index contributed by atoms with van der Waals surface area (Å²) in [6, 6.07) is 13.8. The molecule has 0 aliphatic heterocycles. The molecule has 4 heteroatoms. The highest BCUT2D eigenvalue weighted by atomic mass is 79.9. The summed E-state index contributed by atoms with van der Waals surface area (Å²) in [6.45, 7) is 11.1. The molecule has 0 aliphatic rings. The third-order valence-electron chi connectivity index (χ3n) is 4.32. The Bertz CT molecular complexity index is 775. The SMILES string of the molecule is CC(C)c1ccc(OCCCC(=O)Oc2ccccc2C(C)(C)C)c(Br)c1. The Labute approximate surface area is 171 Å². The number of carbonyl (C=O) groups excluding carboxylic acids is 1. The van der Waals surface area contributed by atoms with Gasteiger partial charge in [0.1, 0.15) is 11.5 Å². The minimum atomic E-state index is -0.232. The van der Waals surface area contributed by atoms with Crippen molar-refractivity contribution >= 4 is 21.9 Å². The van der Waals surface area contributed by atoms with Gasteiger partial charge in [-0.25, -0.2) is 0 Å². The zero-order chi connectivity index (χ0) is 20.0. The zero-order valence-electron chi connectivity index (χ0n) is 16.8. The van der Waals surface area contributed by atoms with Gasteiger partial charge in [-0.15, -0.1) is 0 Å². The van der Waals surface area contributed by atoms with Gasteiger partial charge < -0.3 is 9.47 Å². The van der Waals surface area contributed by atoms with Crippen molar-refractivity contribution in [2.45, 2.75) is 58.8 Å². The van der Waals surface area contributed by atoms with Gasteiger partial charge in [0.15, 0.2) is 0 Å². The summed E-state index contributed by atoms with van der Waals surface area (Å²) in [5, 5.41) is 0. The molecule has 27 heavy (non-hydrogen) atoms. The lowest BCUT2D eigenvalue weighted by molar-refractivity contribution is -0.134. The quantitative estimate of drug-likeness (QED) is 0.279. The van der Waals surface area contributed by atoms with Crippen LogP contribution in [0.2, 0.25) is 0 Å². The summed E-state index contributed by atoms with van der Waals surface area (Å²) in [4.78, 5) is 12.2. The van der Waals surface area contributed by atoms with Crippen LogP contribution in [-0.2, 0) is 10.2 Å². The number of carbonyl (C=O) groups is 1. The van der Waals surface area contributed by atoms with Crippen molar-refractivity contribution in [3.05, 3.63) is 58.1 Å². The molecule has 0 unspecified atom stereocenters. The lowest BCUT2D eigenvalue weighted by atomic mass is 9.86. The number of esters is 1. The smallest absolute Gasteiger partial charge is 0.311 e. The molecule has 3 nitrogen and oxygen atoms in total. The highest BCUT2D eigenvalue weighted by Gasteiger charge is 2.19. The molecule has 0 aromatic heterocycles. The van der Waals surface area contributed by atoms with Crippen LogP contribution in [0.15, 0.2) is 46.9 Å². The lowest BCUT2D eigenvalue weighted by Gasteiger charge is -2.22. The number of para-hydroxylation sites is 1. The summed E-state index contributed by atoms with van der Waals surface area (Å²) in [5.74, 6) is 1.68. The van der Waals surface area contributed by atoms with E-state index in [1.165, 1.54) is 5.56 Å². The molecule has 0 saturated heterocycles. The molecular weight excluding hydrogens is 404 g/mol. The summed E-state index contributed by atoms with van der Waals surface area (Å²) >= 11 is 3.55. The summed E-state index contributed by atoms with van der Waals surface area (Å²) < 4.78 is 12.3. The second kappa shape index (κ2) is 9.41. The standard InChI is InChI=1S/C23H29BrO3/c1-16(2)17-12-13-21(19(24)15-17)26-14-8-11-22(25)27-20-10-7-6-9-18(20)23(3,4)5/h6-7,9-10,12-13,15-16H,8,11,14H2,1-5H3. The van der Waals surface area contributed by atoms with Crippen molar-refractivity contribution in [3.63, 3.8) is 0 Å². The molecule has 0 radical (unpaired) electrons. The van der Waals surface area contributed by atoms with Crippen LogP contribution in [-0.4, -0.2) is 12.6 Å². The maximum atomic E-state index is 12.2. The van der Waals surface area contributed by atoms with E-state index >= 15 is 0 Å². The van der Waals surface area contributed by atoms with E-state index in [0.29, 0.717) is 31.1 Å². The number of hydrogen-bond acceptors (Lipinski definition) is 3. The molecule has 2 rings (SSSR count). The maximum absolute atomic E-state index is 12.2. The Morgan fingerprint density at radius 2 is 1.78 bits per heavy atom. The number of ether oxygens (including phenoxy) is 2. The minimum absolute atomic E-state index is 0.0750. The molecular formula is C23H29BrO3.